The van der Waals surface area contributed by atoms with Gasteiger partial charge in [-0.3, -0.25) is 4.90 Å². The quantitative estimate of drug-likeness (QED) is 0.796. The molecule has 1 aromatic rings. The normalized spacial score (nSPS) is 15.3. The fourth-order valence-electron chi connectivity index (χ4n) is 1.81. The fraction of sp³-hybridized carbons (Fsp3) is 0.667. The predicted octanol–water partition coefficient (Wildman–Crippen LogP) is 2.10. The van der Waals surface area contributed by atoms with Crippen molar-refractivity contribution in [2.24, 2.45) is 5.73 Å². The summed E-state index contributed by atoms with van der Waals surface area (Å²) in [6, 6.07) is 4.73. The number of thiophene rings is 1. The smallest absolute Gasteiger partial charge is 0.0591 e. The van der Waals surface area contributed by atoms with E-state index in [1.807, 2.05) is 0 Å². The molecule has 0 saturated heterocycles. The largest absolute Gasteiger partial charge is 0.383 e. The molecular weight excluding hydrogens is 220 g/mol. The van der Waals surface area contributed by atoms with E-state index in [1.165, 1.54) is 4.88 Å². The molecule has 0 radical (unpaired) electrons. The molecule has 1 rings (SSSR count). The molecule has 0 fully saturated rings. The zero-order valence-corrected chi connectivity index (χ0v) is 11.2. The number of rotatable bonds is 7. The van der Waals surface area contributed by atoms with E-state index in [4.69, 9.17) is 10.5 Å². The molecule has 0 aliphatic heterocycles. The van der Waals surface area contributed by atoms with Gasteiger partial charge in [-0.05, 0) is 24.9 Å². The van der Waals surface area contributed by atoms with Crippen LogP contribution in [0.15, 0.2) is 17.5 Å². The SMILES string of the molecule is CCC(N)C(c1cccs1)N(C)CCOC. The maximum atomic E-state index is 6.21. The van der Waals surface area contributed by atoms with Gasteiger partial charge in [0.05, 0.1) is 12.6 Å². The van der Waals surface area contributed by atoms with Crippen molar-refractivity contribution in [1.29, 1.82) is 0 Å². The van der Waals surface area contributed by atoms with Crippen LogP contribution in [0.2, 0.25) is 0 Å². The first-order chi connectivity index (χ1) is 7.70. The van der Waals surface area contributed by atoms with Crippen LogP contribution >= 0.6 is 11.3 Å². The van der Waals surface area contributed by atoms with Crippen molar-refractivity contribution in [1.82, 2.24) is 4.90 Å². The van der Waals surface area contributed by atoms with E-state index in [9.17, 15) is 0 Å². The molecule has 0 amide bonds. The van der Waals surface area contributed by atoms with Gasteiger partial charge in [0, 0.05) is 24.6 Å². The third kappa shape index (κ3) is 3.56. The Bertz CT molecular complexity index is 277. The fourth-order valence-corrected chi connectivity index (χ4v) is 2.78. The first-order valence-electron chi connectivity index (χ1n) is 5.68. The first-order valence-corrected chi connectivity index (χ1v) is 6.56. The third-order valence-corrected chi connectivity index (χ3v) is 3.78. The lowest BCUT2D eigenvalue weighted by atomic mass is 10.0. The Balaban J connectivity index is 2.71. The van der Waals surface area contributed by atoms with Gasteiger partial charge in [0.2, 0.25) is 0 Å². The van der Waals surface area contributed by atoms with Crippen LogP contribution < -0.4 is 5.73 Å². The van der Waals surface area contributed by atoms with E-state index in [2.05, 4.69) is 36.4 Å². The average molecular weight is 242 g/mol. The van der Waals surface area contributed by atoms with Gasteiger partial charge in [-0.2, -0.15) is 0 Å². The molecule has 0 bridgehead atoms. The highest BCUT2D eigenvalue weighted by molar-refractivity contribution is 7.10. The lowest BCUT2D eigenvalue weighted by Crippen LogP contribution is -2.39. The molecular formula is C12H22N2OS. The van der Waals surface area contributed by atoms with Crippen LogP contribution in [0.5, 0.6) is 0 Å². The number of likely N-dealkylation sites (N-methyl/N-ethyl adjacent to an activating group) is 1. The lowest BCUT2D eigenvalue weighted by Gasteiger charge is -2.31. The second kappa shape index (κ2) is 7.01. The maximum absolute atomic E-state index is 6.21. The van der Waals surface area contributed by atoms with Gasteiger partial charge >= 0.3 is 0 Å². The van der Waals surface area contributed by atoms with E-state index in [-0.39, 0.29) is 6.04 Å². The van der Waals surface area contributed by atoms with E-state index in [0.29, 0.717) is 6.04 Å². The maximum Gasteiger partial charge on any atom is 0.0591 e. The molecule has 0 aliphatic rings. The summed E-state index contributed by atoms with van der Waals surface area (Å²) < 4.78 is 5.11. The zero-order chi connectivity index (χ0) is 12.0. The second-order valence-corrected chi connectivity index (χ2v) is 4.99. The minimum atomic E-state index is 0.181. The van der Waals surface area contributed by atoms with Gasteiger partial charge in [0.1, 0.15) is 0 Å². The summed E-state index contributed by atoms with van der Waals surface area (Å²) >= 11 is 1.77. The molecule has 4 heteroatoms. The van der Waals surface area contributed by atoms with E-state index in [0.717, 1.165) is 19.6 Å². The van der Waals surface area contributed by atoms with E-state index in [1.54, 1.807) is 18.4 Å². The van der Waals surface area contributed by atoms with Crippen LogP contribution in [0.4, 0.5) is 0 Å². The minimum absolute atomic E-state index is 0.181. The molecule has 0 aliphatic carbocycles. The Morgan fingerprint density at radius 2 is 2.31 bits per heavy atom. The summed E-state index contributed by atoms with van der Waals surface area (Å²) in [6.45, 7) is 3.79. The van der Waals surface area contributed by atoms with Crippen molar-refractivity contribution in [3.05, 3.63) is 22.4 Å². The summed E-state index contributed by atoms with van der Waals surface area (Å²) in [7, 11) is 3.84. The topological polar surface area (TPSA) is 38.5 Å². The number of ether oxygens (including phenoxy) is 1. The number of nitrogens with zero attached hydrogens (tertiary/aromatic N) is 1. The Morgan fingerprint density at radius 1 is 1.56 bits per heavy atom. The summed E-state index contributed by atoms with van der Waals surface area (Å²) in [5.41, 5.74) is 6.21. The molecule has 2 N–H and O–H groups in total. The molecule has 0 spiro atoms. The summed E-state index contributed by atoms with van der Waals surface area (Å²) in [6.07, 6.45) is 0.986. The van der Waals surface area contributed by atoms with Crippen LogP contribution in [0, 0.1) is 0 Å². The first kappa shape index (κ1) is 13.6. The molecule has 92 valence electrons. The zero-order valence-electron chi connectivity index (χ0n) is 10.3. The summed E-state index contributed by atoms with van der Waals surface area (Å²) in [5.74, 6) is 0. The van der Waals surface area contributed by atoms with Crippen molar-refractivity contribution in [2.75, 3.05) is 27.3 Å². The second-order valence-electron chi connectivity index (χ2n) is 4.01. The van der Waals surface area contributed by atoms with Crippen molar-refractivity contribution < 1.29 is 4.74 Å². The van der Waals surface area contributed by atoms with E-state index >= 15 is 0 Å². The Hall–Kier alpha value is -0.420. The van der Waals surface area contributed by atoms with Crippen LogP contribution in [-0.4, -0.2) is 38.3 Å². The van der Waals surface area contributed by atoms with Gasteiger partial charge < -0.3 is 10.5 Å². The van der Waals surface area contributed by atoms with Crippen molar-refractivity contribution >= 4 is 11.3 Å². The molecule has 2 unspecified atom stereocenters. The average Bonchev–Trinajstić information content (AvgIpc) is 2.79. The minimum Gasteiger partial charge on any atom is -0.383 e. The molecule has 3 nitrogen and oxygen atoms in total. The number of methoxy groups -OCH3 is 1. The molecule has 0 aromatic carbocycles. The van der Waals surface area contributed by atoms with Gasteiger partial charge in [0.25, 0.3) is 0 Å². The summed E-state index contributed by atoms with van der Waals surface area (Å²) in [4.78, 5) is 3.62. The van der Waals surface area contributed by atoms with Crippen LogP contribution in [-0.2, 0) is 4.74 Å². The van der Waals surface area contributed by atoms with Gasteiger partial charge in [-0.15, -0.1) is 11.3 Å². The summed E-state index contributed by atoms with van der Waals surface area (Å²) in [5, 5.41) is 2.11. The highest BCUT2D eigenvalue weighted by atomic mass is 32.1. The number of hydrogen-bond donors (Lipinski definition) is 1. The molecule has 1 heterocycles. The van der Waals surface area contributed by atoms with Gasteiger partial charge in [-0.25, -0.2) is 0 Å². The standard InChI is InChI=1S/C12H22N2OS/c1-4-10(13)12(11-6-5-9-16-11)14(2)7-8-15-3/h5-6,9-10,12H,4,7-8,13H2,1-3H3. The Morgan fingerprint density at radius 3 is 2.81 bits per heavy atom. The number of hydrogen-bond acceptors (Lipinski definition) is 4. The molecule has 16 heavy (non-hydrogen) atoms. The van der Waals surface area contributed by atoms with Crippen LogP contribution in [0.25, 0.3) is 0 Å². The van der Waals surface area contributed by atoms with Crippen molar-refractivity contribution in [3.63, 3.8) is 0 Å². The van der Waals surface area contributed by atoms with E-state index < -0.39 is 0 Å². The highest BCUT2D eigenvalue weighted by Gasteiger charge is 2.23. The van der Waals surface area contributed by atoms with Crippen molar-refractivity contribution in [3.8, 4) is 0 Å². The lowest BCUT2D eigenvalue weighted by molar-refractivity contribution is 0.129. The molecule has 1 aromatic heterocycles. The Kier molecular flexibility index (Phi) is 5.98. The van der Waals surface area contributed by atoms with Gasteiger partial charge in [-0.1, -0.05) is 13.0 Å². The third-order valence-electron chi connectivity index (χ3n) is 2.83. The number of nitrogens with two attached hydrogens (primary N) is 1. The molecule has 0 saturated carbocycles. The van der Waals surface area contributed by atoms with Gasteiger partial charge in [0.15, 0.2) is 0 Å². The highest BCUT2D eigenvalue weighted by Crippen LogP contribution is 2.27. The monoisotopic (exact) mass is 242 g/mol. The predicted molar refractivity (Wildman–Crippen MR) is 69.8 cm³/mol. The van der Waals surface area contributed by atoms with Crippen LogP contribution in [0.3, 0.4) is 0 Å². The van der Waals surface area contributed by atoms with Crippen LogP contribution in [0.1, 0.15) is 24.3 Å². The Labute approximate surface area is 102 Å². The van der Waals surface area contributed by atoms with Crippen molar-refractivity contribution in [2.45, 2.75) is 25.4 Å². The molecule has 2 atom stereocenters.